The van der Waals surface area contributed by atoms with Gasteiger partial charge in [0.2, 0.25) is 20.0 Å². The van der Waals surface area contributed by atoms with Gasteiger partial charge in [-0.2, -0.15) is 4.31 Å². The molecule has 1 aliphatic carbocycles. The third-order valence-corrected chi connectivity index (χ3v) is 8.66. The van der Waals surface area contributed by atoms with Crippen molar-refractivity contribution in [3.8, 4) is 0 Å². The number of hydrogen-bond donors (Lipinski definition) is 1. The second-order valence-corrected chi connectivity index (χ2v) is 11.3. The number of rotatable bonds is 10. The Hall–Kier alpha value is -2.94. The predicted octanol–water partition coefficient (Wildman–Crippen LogP) is 2.25. The zero-order valence-corrected chi connectivity index (χ0v) is 19.4. The van der Waals surface area contributed by atoms with E-state index in [2.05, 4.69) is 4.72 Å². The molecule has 1 saturated carbocycles. The van der Waals surface area contributed by atoms with Crippen LogP contribution in [0.5, 0.6) is 0 Å². The molecule has 2 aromatic carbocycles. The van der Waals surface area contributed by atoms with Gasteiger partial charge >= 0.3 is 0 Å². The Morgan fingerprint density at radius 3 is 1.88 bits per heavy atom. The standard InChI is InChI=1S/C19H22N4O8S2/c1-13-3-7-16(11-18(13)22(24)25)32(28,29)20-9-10-21(15-5-6-15)33(30,31)17-8-4-14(2)19(12-17)23(26)27/h3-4,7-8,11-12,15,20H,5-6,9-10H2,1-2H3. The average Bonchev–Trinajstić information content (AvgIpc) is 3.55. The van der Waals surface area contributed by atoms with Crippen LogP contribution in [0.1, 0.15) is 24.0 Å². The number of hydrogen-bond acceptors (Lipinski definition) is 8. The van der Waals surface area contributed by atoms with E-state index in [9.17, 15) is 37.1 Å². The van der Waals surface area contributed by atoms with Crippen molar-refractivity contribution in [2.24, 2.45) is 0 Å². The lowest BCUT2D eigenvalue weighted by Crippen LogP contribution is -2.40. The maximum atomic E-state index is 13.1. The van der Waals surface area contributed by atoms with E-state index >= 15 is 0 Å². The van der Waals surface area contributed by atoms with Crippen LogP contribution in [0.15, 0.2) is 46.2 Å². The van der Waals surface area contributed by atoms with Gasteiger partial charge in [0, 0.05) is 42.4 Å². The molecule has 3 rings (SSSR count). The van der Waals surface area contributed by atoms with E-state index in [1.807, 2.05) is 0 Å². The second-order valence-electron chi connectivity index (χ2n) is 7.66. The van der Waals surface area contributed by atoms with Gasteiger partial charge in [-0.05, 0) is 38.8 Å². The Morgan fingerprint density at radius 1 is 0.909 bits per heavy atom. The van der Waals surface area contributed by atoms with Crippen molar-refractivity contribution < 1.29 is 26.7 Å². The third kappa shape index (κ3) is 5.35. The summed E-state index contributed by atoms with van der Waals surface area (Å²) in [6, 6.07) is 6.78. The van der Waals surface area contributed by atoms with Crippen LogP contribution in [0.4, 0.5) is 11.4 Å². The second kappa shape index (κ2) is 9.13. The molecule has 1 fully saturated rings. The van der Waals surface area contributed by atoms with E-state index in [-0.39, 0.29) is 40.3 Å². The van der Waals surface area contributed by atoms with Gasteiger partial charge in [-0.3, -0.25) is 20.2 Å². The first-order chi connectivity index (χ1) is 15.3. The van der Waals surface area contributed by atoms with E-state index in [1.54, 1.807) is 0 Å². The van der Waals surface area contributed by atoms with Crippen molar-refractivity contribution >= 4 is 31.4 Å². The lowest BCUT2D eigenvalue weighted by atomic mass is 10.2. The van der Waals surface area contributed by atoms with Crippen molar-refractivity contribution in [3.05, 3.63) is 67.8 Å². The molecule has 0 heterocycles. The highest BCUT2D eigenvalue weighted by atomic mass is 32.2. The first-order valence-corrected chi connectivity index (χ1v) is 12.8. The lowest BCUT2D eigenvalue weighted by Gasteiger charge is -2.22. The lowest BCUT2D eigenvalue weighted by molar-refractivity contribution is -0.385. The predicted molar refractivity (Wildman–Crippen MR) is 118 cm³/mol. The number of nitrogens with one attached hydrogen (secondary N) is 1. The first-order valence-electron chi connectivity index (χ1n) is 9.86. The van der Waals surface area contributed by atoms with Crippen molar-refractivity contribution in [2.75, 3.05) is 13.1 Å². The number of sulfonamides is 2. The Balaban J connectivity index is 1.79. The molecule has 1 aliphatic rings. The molecule has 0 amide bonds. The first kappa shape index (κ1) is 24.7. The molecule has 2 aromatic rings. The molecule has 0 aromatic heterocycles. The zero-order valence-electron chi connectivity index (χ0n) is 17.8. The molecule has 0 radical (unpaired) electrons. The van der Waals surface area contributed by atoms with Gasteiger partial charge < -0.3 is 0 Å². The average molecular weight is 499 g/mol. The van der Waals surface area contributed by atoms with E-state index in [4.69, 9.17) is 0 Å². The van der Waals surface area contributed by atoms with Crippen LogP contribution in [-0.4, -0.2) is 50.1 Å². The van der Waals surface area contributed by atoms with Crippen LogP contribution in [0.25, 0.3) is 0 Å². The molecule has 178 valence electrons. The fourth-order valence-corrected chi connectivity index (χ4v) is 6.02. The number of benzene rings is 2. The van der Waals surface area contributed by atoms with Crippen LogP contribution < -0.4 is 4.72 Å². The number of nitro benzene ring substituents is 2. The van der Waals surface area contributed by atoms with E-state index in [0.29, 0.717) is 24.0 Å². The molecule has 14 heteroatoms. The van der Waals surface area contributed by atoms with Crippen LogP contribution >= 0.6 is 0 Å². The maximum absolute atomic E-state index is 13.1. The quantitative estimate of drug-likeness (QED) is 0.384. The third-order valence-electron chi connectivity index (χ3n) is 5.25. The highest BCUT2D eigenvalue weighted by Gasteiger charge is 2.38. The van der Waals surface area contributed by atoms with E-state index < -0.39 is 29.9 Å². The van der Waals surface area contributed by atoms with Gasteiger partial charge in [0.25, 0.3) is 11.4 Å². The molecule has 1 N–H and O–H groups in total. The summed E-state index contributed by atoms with van der Waals surface area (Å²) in [4.78, 5) is 20.4. The summed E-state index contributed by atoms with van der Waals surface area (Å²) in [5, 5.41) is 22.3. The Morgan fingerprint density at radius 2 is 1.39 bits per heavy atom. The molecule has 33 heavy (non-hydrogen) atoms. The van der Waals surface area contributed by atoms with E-state index in [1.165, 1.54) is 38.1 Å². The summed E-state index contributed by atoms with van der Waals surface area (Å²) >= 11 is 0. The highest BCUT2D eigenvalue weighted by Crippen LogP contribution is 2.33. The van der Waals surface area contributed by atoms with Gasteiger partial charge in [-0.15, -0.1) is 0 Å². The summed E-state index contributed by atoms with van der Waals surface area (Å²) < 4.78 is 54.8. The normalized spacial score (nSPS) is 14.4. The van der Waals surface area contributed by atoms with Gasteiger partial charge in [0.15, 0.2) is 0 Å². The van der Waals surface area contributed by atoms with Crippen molar-refractivity contribution in [3.63, 3.8) is 0 Å². The van der Waals surface area contributed by atoms with Gasteiger partial charge in [0.1, 0.15) is 0 Å². The molecule has 0 aliphatic heterocycles. The molecule has 0 bridgehead atoms. The summed E-state index contributed by atoms with van der Waals surface area (Å²) in [7, 11) is -8.24. The van der Waals surface area contributed by atoms with Crippen LogP contribution in [-0.2, 0) is 20.0 Å². The van der Waals surface area contributed by atoms with Crippen molar-refractivity contribution in [2.45, 2.75) is 42.5 Å². The Bertz CT molecular complexity index is 1320. The molecular weight excluding hydrogens is 476 g/mol. The van der Waals surface area contributed by atoms with Crippen LogP contribution in [0.3, 0.4) is 0 Å². The minimum Gasteiger partial charge on any atom is -0.258 e. The minimum absolute atomic E-state index is 0.206. The highest BCUT2D eigenvalue weighted by molar-refractivity contribution is 7.89. The summed E-state index contributed by atoms with van der Waals surface area (Å²) in [5.74, 6) is 0. The minimum atomic E-state index is -4.13. The van der Waals surface area contributed by atoms with Crippen molar-refractivity contribution in [1.82, 2.24) is 9.03 Å². The smallest absolute Gasteiger partial charge is 0.258 e. The fraction of sp³-hybridized carbons (Fsp3) is 0.368. The number of nitrogens with zero attached hydrogens (tertiary/aromatic N) is 3. The van der Waals surface area contributed by atoms with Gasteiger partial charge in [-0.25, -0.2) is 21.6 Å². The number of nitro groups is 2. The monoisotopic (exact) mass is 498 g/mol. The Kier molecular flexibility index (Phi) is 6.83. The zero-order chi connectivity index (χ0) is 24.6. The maximum Gasteiger partial charge on any atom is 0.273 e. The molecule has 0 saturated heterocycles. The molecular formula is C19H22N4O8S2. The van der Waals surface area contributed by atoms with Crippen LogP contribution in [0, 0.1) is 34.1 Å². The molecule has 0 unspecified atom stereocenters. The topological polar surface area (TPSA) is 170 Å². The summed E-state index contributed by atoms with van der Waals surface area (Å²) in [6.07, 6.45) is 1.17. The fourth-order valence-electron chi connectivity index (χ4n) is 3.27. The molecule has 0 spiro atoms. The van der Waals surface area contributed by atoms with Crippen LogP contribution in [0.2, 0.25) is 0 Å². The number of aryl methyl sites for hydroxylation is 2. The SMILES string of the molecule is Cc1ccc(S(=O)(=O)NCCN(C2CC2)S(=O)(=O)c2ccc(C)c([N+](=O)[O-])c2)cc1[N+](=O)[O-]. The molecule has 0 atom stereocenters. The van der Waals surface area contributed by atoms with Crippen molar-refractivity contribution in [1.29, 1.82) is 0 Å². The largest absolute Gasteiger partial charge is 0.273 e. The van der Waals surface area contributed by atoms with E-state index in [0.717, 1.165) is 16.4 Å². The summed E-state index contributed by atoms with van der Waals surface area (Å²) in [5.41, 5.74) is -0.0523. The summed E-state index contributed by atoms with van der Waals surface area (Å²) in [6.45, 7) is 2.49. The molecule has 12 nitrogen and oxygen atoms in total. The Labute approximate surface area is 190 Å². The van der Waals surface area contributed by atoms with Gasteiger partial charge in [-0.1, -0.05) is 12.1 Å². The van der Waals surface area contributed by atoms with Gasteiger partial charge in [0.05, 0.1) is 19.6 Å².